The van der Waals surface area contributed by atoms with Gasteiger partial charge in [-0.1, -0.05) is 25.0 Å². The zero-order chi connectivity index (χ0) is 9.36. The Bertz CT molecular complexity index is 175. The van der Waals surface area contributed by atoms with Crippen molar-refractivity contribution >= 4 is 0 Å². The van der Waals surface area contributed by atoms with Gasteiger partial charge in [-0.3, -0.25) is 0 Å². The van der Waals surface area contributed by atoms with Gasteiger partial charge in [0.1, 0.15) is 6.26 Å². The summed E-state index contributed by atoms with van der Waals surface area (Å²) in [5, 5.41) is 0. The number of hydrogen-bond donors (Lipinski definition) is 0. The molecule has 0 amide bonds. The number of ether oxygens (including phenoxy) is 2. The Morgan fingerprint density at radius 3 is 2.77 bits per heavy atom. The van der Waals surface area contributed by atoms with Gasteiger partial charge in [0.05, 0.1) is 0 Å². The summed E-state index contributed by atoms with van der Waals surface area (Å²) in [7, 11) is 1.61. The molecule has 2 heteroatoms. The standard InChI is InChI=1S/C11H18O2/c1-12-10-13-9-5-8-11-6-3-2-4-7-11/h8-9,11H,2-4,6-7,10H2,1H3. The Labute approximate surface area is 80.2 Å². The molecule has 0 aromatic carbocycles. The van der Waals surface area contributed by atoms with Crippen LogP contribution in [0.3, 0.4) is 0 Å². The second kappa shape index (κ2) is 6.76. The first-order valence-electron chi connectivity index (χ1n) is 4.95. The Hall–Kier alpha value is -0.720. The Balaban J connectivity index is 2.16. The summed E-state index contributed by atoms with van der Waals surface area (Å²) in [6.45, 7) is 0.311. The molecule has 0 aromatic rings. The lowest BCUT2D eigenvalue weighted by molar-refractivity contribution is 0.0201. The summed E-state index contributed by atoms with van der Waals surface area (Å²) in [5.74, 6) is 0.719. The summed E-state index contributed by atoms with van der Waals surface area (Å²) in [6, 6.07) is 0. The molecule has 1 aliphatic carbocycles. The van der Waals surface area contributed by atoms with Crippen LogP contribution >= 0.6 is 0 Å². The summed E-state index contributed by atoms with van der Waals surface area (Å²) in [4.78, 5) is 0. The molecule has 1 aliphatic rings. The molecule has 1 fully saturated rings. The maximum absolute atomic E-state index is 4.98. The van der Waals surface area contributed by atoms with Crippen LogP contribution in [0, 0.1) is 5.92 Å². The van der Waals surface area contributed by atoms with Crippen molar-refractivity contribution in [3.8, 4) is 0 Å². The molecule has 0 aliphatic heterocycles. The van der Waals surface area contributed by atoms with E-state index in [2.05, 4.69) is 11.8 Å². The minimum atomic E-state index is 0.311. The van der Waals surface area contributed by atoms with E-state index in [-0.39, 0.29) is 0 Å². The molecule has 0 radical (unpaired) electrons. The van der Waals surface area contributed by atoms with E-state index in [0.717, 1.165) is 5.92 Å². The van der Waals surface area contributed by atoms with Gasteiger partial charge in [0.25, 0.3) is 0 Å². The first kappa shape index (κ1) is 10.4. The van der Waals surface area contributed by atoms with Crippen molar-refractivity contribution in [2.75, 3.05) is 13.9 Å². The quantitative estimate of drug-likeness (QED) is 0.288. The summed E-state index contributed by atoms with van der Waals surface area (Å²) in [6.07, 6.45) is 10.4. The first-order valence-corrected chi connectivity index (χ1v) is 4.95. The minimum absolute atomic E-state index is 0.311. The van der Waals surface area contributed by atoms with Crippen LogP contribution in [0.5, 0.6) is 0 Å². The van der Waals surface area contributed by atoms with Gasteiger partial charge < -0.3 is 9.47 Å². The van der Waals surface area contributed by atoms with E-state index in [1.54, 1.807) is 13.4 Å². The topological polar surface area (TPSA) is 18.5 Å². The lowest BCUT2D eigenvalue weighted by Gasteiger charge is -2.16. The molecule has 0 bridgehead atoms. The van der Waals surface area contributed by atoms with Crippen molar-refractivity contribution in [3.05, 3.63) is 18.1 Å². The van der Waals surface area contributed by atoms with Gasteiger partial charge in [-0.15, -0.1) is 0 Å². The van der Waals surface area contributed by atoms with Crippen LogP contribution in [0.25, 0.3) is 0 Å². The Morgan fingerprint density at radius 2 is 2.08 bits per heavy atom. The molecule has 0 unspecified atom stereocenters. The average Bonchev–Trinajstić information content (AvgIpc) is 2.19. The van der Waals surface area contributed by atoms with Crippen LogP contribution in [0.4, 0.5) is 0 Å². The van der Waals surface area contributed by atoms with Crippen LogP contribution in [0.1, 0.15) is 32.1 Å². The number of methoxy groups -OCH3 is 1. The van der Waals surface area contributed by atoms with E-state index in [0.29, 0.717) is 6.79 Å². The molecule has 13 heavy (non-hydrogen) atoms. The van der Waals surface area contributed by atoms with E-state index in [4.69, 9.17) is 9.47 Å². The van der Waals surface area contributed by atoms with Crippen molar-refractivity contribution in [1.82, 2.24) is 0 Å². The van der Waals surface area contributed by atoms with Gasteiger partial charge in [-0.2, -0.15) is 0 Å². The predicted molar refractivity (Wildman–Crippen MR) is 52.2 cm³/mol. The maximum Gasteiger partial charge on any atom is 0.188 e. The fraction of sp³-hybridized carbons (Fsp3) is 0.727. The summed E-state index contributed by atoms with van der Waals surface area (Å²) >= 11 is 0. The SMILES string of the molecule is COCOC=C=CC1CCCCC1. The van der Waals surface area contributed by atoms with Crippen LogP contribution in [0.15, 0.2) is 18.1 Å². The Kier molecular flexibility index (Phi) is 5.39. The molecule has 0 N–H and O–H groups in total. The predicted octanol–water partition coefficient (Wildman–Crippen LogP) is 2.86. The largest absolute Gasteiger partial charge is 0.467 e. The molecule has 0 saturated heterocycles. The molecule has 1 rings (SSSR count). The molecule has 0 spiro atoms. The van der Waals surface area contributed by atoms with E-state index < -0.39 is 0 Å². The van der Waals surface area contributed by atoms with Crippen molar-refractivity contribution in [1.29, 1.82) is 0 Å². The normalized spacial score (nSPS) is 17.6. The lowest BCUT2D eigenvalue weighted by atomic mass is 9.89. The van der Waals surface area contributed by atoms with Gasteiger partial charge in [0.2, 0.25) is 0 Å². The van der Waals surface area contributed by atoms with Gasteiger partial charge in [-0.05, 0) is 24.8 Å². The molecular weight excluding hydrogens is 164 g/mol. The number of hydrogen-bond acceptors (Lipinski definition) is 2. The molecule has 1 saturated carbocycles. The number of rotatable bonds is 4. The van der Waals surface area contributed by atoms with Crippen molar-refractivity contribution in [2.45, 2.75) is 32.1 Å². The second-order valence-corrected chi connectivity index (χ2v) is 3.42. The molecule has 0 heterocycles. The van der Waals surface area contributed by atoms with Gasteiger partial charge in [-0.25, -0.2) is 0 Å². The highest BCUT2D eigenvalue weighted by atomic mass is 16.7. The van der Waals surface area contributed by atoms with Gasteiger partial charge in [0, 0.05) is 7.11 Å². The fourth-order valence-electron chi connectivity index (χ4n) is 1.63. The highest BCUT2D eigenvalue weighted by molar-refractivity contribution is 4.88. The molecule has 74 valence electrons. The van der Waals surface area contributed by atoms with Crippen LogP contribution in [0.2, 0.25) is 0 Å². The van der Waals surface area contributed by atoms with E-state index in [1.807, 2.05) is 0 Å². The van der Waals surface area contributed by atoms with Crippen LogP contribution in [-0.2, 0) is 9.47 Å². The Morgan fingerprint density at radius 1 is 1.31 bits per heavy atom. The molecule has 0 aromatic heterocycles. The number of allylic oxidation sites excluding steroid dienone is 1. The molecular formula is C11H18O2. The summed E-state index contributed by atoms with van der Waals surface area (Å²) < 4.78 is 9.71. The third kappa shape index (κ3) is 4.76. The third-order valence-electron chi connectivity index (χ3n) is 2.32. The van der Waals surface area contributed by atoms with E-state index in [1.165, 1.54) is 32.1 Å². The monoisotopic (exact) mass is 182 g/mol. The highest BCUT2D eigenvalue weighted by Gasteiger charge is 2.08. The second-order valence-electron chi connectivity index (χ2n) is 3.42. The van der Waals surface area contributed by atoms with Crippen LogP contribution in [-0.4, -0.2) is 13.9 Å². The van der Waals surface area contributed by atoms with Crippen molar-refractivity contribution in [2.24, 2.45) is 5.92 Å². The van der Waals surface area contributed by atoms with Crippen molar-refractivity contribution < 1.29 is 9.47 Å². The summed E-state index contributed by atoms with van der Waals surface area (Å²) in [5.41, 5.74) is 3.04. The van der Waals surface area contributed by atoms with Crippen molar-refractivity contribution in [3.63, 3.8) is 0 Å². The van der Waals surface area contributed by atoms with Crippen LogP contribution < -0.4 is 0 Å². The fourth-order valence-corrected chi connectivity index (χ4v) is 1.63. The minimum Gasteiger partial charge on any atom is -0.467 e. The zero-order valence-electron chi connectivity index (χ0n) is 8.29. The average molecular weight is 182 g/mol. The van der Waals surface area contributed by atoms with E-state index in [9.17, 15) is 0 Å². The van der Waals surface area contributed by atoms with Gasteiger partial charge in [0.15, 0.2) is 6.79 Å². The van der Waals surface area contributed by atoms with Gasteiger partial charge >= 0.3 is 0 Å². The smallest absolute Gasteiger partial charge is 0.188 e. The third-order valence-corrected chi connectivity index (χ3v) is 2.32. The van der Waals surface area contributed by atoms with E-state index >= 15 is 0 Å². The highest BCUT2D eigenvalue weighted by Crippen LogP contribution is 2.23. The first-order chi connectivity index (χ1) is 6.43. The molecule has 0 atom stereocenters. The molecule has 2 nitrogen and oxygen atoms in total. The lowest BCUT2D eigenvalue weighted by Crippen LogP contribution is -2.01. The zero-order valence-corrected chi connectivity index (χ0v) is 8.29. The maximum atomic E-state index is 4.98.